The van der Waals surface area contributed by atoms with Gasteiger partial charge in [-0.05, 0) is 36.5 Å². The lowest BCUT2D eigenvalue weighted by atomic mass is 9.97. The second-order valence-corrected chi connectivity index (χ2v) is 5.85. The third-order valence-corrected chi connectivity index (χ3v) is 3.87. The van der Waals surface area contributed by atoms with Crippen molar-refractivity contribution in [3.8, 4) is 0 Å². The zero-order valence-corrected chi connectivity index (χ0v) is 12.9. The first-order valence-corrected chi connectivity index (χ1v) is 7.39. The molecule has 1 nitrogen and oxygen atoms in total. The van der Waals surface area contributed by atoms with Crippen LogP contribution in [-0.2, 0) is 0 Å². The normalized spacial score (nSPS) is 14.9. The van der Waals surface area contributed by atoms with Crippen molar-refractivity contribution in [2.24, 2.45) is 5.92 Å². The average molecular weight is 298 g/mol. The largest absolute Gasteiger partial charge is 0.307 e. The summed E-state index contributed by atoms with van der Waals surface area (Å²) in [5.74, 6) is 0.685. The van der Waals surface area contributed by atoms with Crippen molar-refractivity contribution in [3.63, 3.8) is 0 Å². The summed E-state index contributed by atoms with van der Waals surface area (Å²) in [6, 6.07) is 9.72. The lowest BCUT2D eigenvalue weighted by Crippen LogP contribution is -2.36. The first kappa shape index (κ1) is 14.7. The van der Waals surface area contributed by atoms with Crippen LogP contribution in [0.5, 0.6) is 0 Å². The Hall–Kier alpha value is -0.340. The summed E-state index contributed by atoms with van der Waals surface area (Å²) in [5, 5.41) is 3.77. The Morgan fingerprint density at radius 3 is 2.06 bits per heavy atom. The molecular formula is C15H24BrN. The Bertz CT molecular complexity index is 318. The maximum absolute atomic E-state index is 3.77. The first-order chi connectivity index (χ1) is 8.08. The number of hydrogen-bond donors (Lipinski definition) is 1. The molecule has 2 atom stereocenters. The van der Waals surface area contributed by atoms with E-state index in [0.717, 1.165) is 10.9 Å². The summed E-state index contributed by atoms with van der Waals surface area (Å²) in [7, 11) is 0. The molecule has 2 unspecified atom stereocenters. The van der Waals surface area contributed by atoms with E-state index in [1.165, 1.54) is 12.0 Å². The molecule has 1 N–H and O–H groups in total. The fourth-order valence-electron chi connectivity index (χ4n) is 2.18. The summed E-state index contributed by atoms with van der Waals surface area (Å²) in [4.78, 5) is 0. The molecule has 0 spiro atoms. The van der Waals surface area contributed by atoms with Crippen LogP contribution in [0.4, 0.5) is 0 Å². The minimum atomic E-state index is 0.468. The molecule has 0 bridgehead atoms. The van der Waals surface area contributed by atoms with E-state index in [1.54, 1.807) is 0 Å². The van der Waals surface area contributed by atoms with Crippen LogP contribution in [0.2, 0.25) is 0 Å². The molecule has 0 saturated carbocycles. The van der Waals surface area contributed by atoms with Gasteiger partial charge in [-0.2, -0.15) is 0 Å². The number of nitrogens with one attached hydrogen (secondary N) is 1. The summed E-state index contributed by atoms with van der Waals surface area (Å²) in [6.45, 7) is 9.07. The fraction of sp³-hybridized carbons (Fsp3) is 0.600. The minimum Gasteiger partial charge on any atom is -0.307 e. The fourth-order valence-corrected chi connectivity index (χ4v) is 2.45. The topological polar surface area (TPSA) is 12.0 Å². The molecule has 0 aliphatic heterocycles. The molecule has 0 fully saturated rings. The quantitative estimate of drug-likeness (QED) is 0.785. The van der Waals surface area contributed by atoms with Gasteiger partial charge in [-0.25, -0.2) is 0 Å². The molecule has 0 heterocycles. The second kappa shape index (κ2) is 7.17. The second-order valence-electron chi connectivity index (χ2n) is 4.94. The van der Waals surface area contributed by atoms with E-state index in [4.69, 9.17) is 0 Å². The van der Waals surface area contributed by atoms with E-state index in [2.05, 4.69) is 73.2 Å². The molecule has 2 heteroatoms. The highest BCUT2D eigenvalue weighted by molar-refractivity contribution is 9.10. The predicted molar refractivity (Wildman–Crippen MR) is 79.2 cm³/mol. The molecule has 1 aromatic rings. The monoisotopic (exact) mass is 297 g/mol. The van der Waals surface area contributed by atoms with E-state index >= 15 is 0 Å². The van der Waals surface area contributed by atoms with Crippen LogP contribution >= 0.6 is 15.9 Å². The Balaban J connectivity index is 2.74. The van der Waals surface area contributed by atoms with Crippen LogP contribution in [-0.4, -0.2) is 6.04 Å². The van der Waals surface area contributed by atoms with Gasteiger partial charge in [0.2, 0.25) is 0 Å². The van der Waals surface area contributed by atoms with Crippen molar-refractivity contribution in [1.29, 1.82) is 0 Å². The summed E-state index contributed by atoms with van der Waals surface area (Å²) >= 11 is 3.48. The summed E-state index contributed by atoms with van der Waals surface area (Å²) < 4.78 is 1.15. The molecule has 96 valence electrons. The molecule has 0 aliphatic carbocycles. The third-order valence-electron chi connectivity index (χ3n) is 3.34. The van der Waals surface area contributed by atoms with Gasteiger partial charge in [-0.3, -0.25) is 0 Å². The van der Waals surface area contributed by atoms with Gasteiger partial charge in [0.05, 0.1) is 0 Å². The smallest absolute Gasteiger partial charge is 0.0320 e. The van der Waals surface area contributed by atoms with Crippen molar-refractivity contribution >= 4 is 15.9 Å². The van der Waals surface area contributed by atoms with Crippen molar-refractivity contribution in [2.75, 3.05) is 0 Å². The maximum atomic E-state index is 3.77. The molecule has 17 heavy (non-hydrogen) atoms. The van der Waals surface area contributed by atoms with Gasteiger partial charge < -0.3 is 5.32 Å². The van der Waals surface area contributed by atoms with Crippen molar-refractivity contribution < 1.29 is 0 Å². The van der Waals surface area contributed by atoms with Gasteiger partial charge in [-0.1, -0.05) is 55.8 Å². The van der Waals surface area contributed by atoms with Crippen molar-refractivity contribution in [1.82, 2.24) is 5.32 Å². The number of rotatable bonds is 6. The van der Waals surface area contributed by atoms with Crippen molar-refractivity contribution in [3.05, 3.63) is 34.3 Å². The molecule has 1 rings (SSSR count). The zero-order chi connectivity index (χ0) is 12.8. The third kappa shape index (κ3) is 4.44. The van der Waals surface area contributed by atoms with Crippen LogP contribution in [0, 0.1) is 5.92 Å². The minimum absolute atomic E-state index is 0.468. The highest BCUT2D eigenvalue weighted by atomic mass is 79.9. The average Bonchev–Trinajstić information content (AvgIpc) is 2.32. The molecule has 0 amide bonds. The zero-order valence-electron chi connectivity index (χ0n) is 11.3. The van der Waals surface area contributed by atoms with Gasteiger partial charge in [0.25, 0.3) is 0 Å². The van der Waals surface area contributed by atoms with E-state index in [0.29, 0.717) is 18.0 Å². The van der Waals surface area contributed by atoms with Gasteiger partial charge in [0.1, 0.15) is 0 Å². The summed E-state index contributed by atoms with van der Waals surface area (Å²) in [6.07, 6.45) is 2.32. The van der Waals surface area contributed by atoms with E-state index in [9.17, 15) is 0 Å². The molecule has 0 aromatic heterocycles. The number of benzene rings is 1. The SMILES string of the molecule is CCC(NC(CC)C(C)C)c1ccc(Br)cc1. The Labute approximate surface area is 114 Å². The van der Waals surface area contributed by atoms with Crippen LogP contribution in [0.25, 0.3) is 0 Å². The summed E-state index contributed by atoms with van der Waals surface area (Å²) in [5.41, 5.74) is 1.38. The Morgan fingerprint density at radius 2 is 1.65 bits per heavy atom. The Morgan fingerprint density at radius 1 is 1.06 bits per heavy atom. The van der Waals surface area contributed by atoms with Gasteiger partial charge in [0.15, 0.2) is 0 Å². The standard InChI is InChI=1S/C15H24BrN/c1-5-14(11(3)4)17-15(6-2)12-7-9-13(16)10-8-12/h7-11,14-15,17H,5-6H2,1-4H3. The van der Waals surface area contributed by atoms with Crippen LogP contribution < -0.4 is 5.32 Å². The number of halogens is 1. The molecule has 0 saturated heterocycles. The molecule has 0 aliphatic rings. The lowest BCUT2D eigenvalue weighted by molar-refractivity contribution is 0.340. The van der Waals surface area contributed by atoms with Gasteiger partial charge >= 0.3 is 0 Å². The highest BCUT2D eigenvalue weighted by Gasteiger charge is 2.16. The molecular weight excluding hydrogens is 274 g/mol. The number of hydrogen-bond acceptors (Lipinski definition) is 1. The van der Waals surface area contributed by atoms with E-state index < -0.39 is 0 Å². The molecule has 0 radical (unpaired) electrons. The highest BCUT2D eigenvalue weighted by Crippen LogP contribution is 2.21. The lowest BCUT2D eigenvalue weighted by Gasteiger charge is -2.27. The Kier molecular flexibility index (Phi) is 6.21. The van der Waals surface area contributed by atoms with Crippen LogP contribution in [0.3, 0.4) is 0 Å². The van der Waals surface area contributed by atoms with E-state index in [1.807, 2.05) is 0 Å². The van der Waals surface area contributed by atoms with Crippen molar-refractivity contribution in [2.45, 2.75) is 52.6 Å². The van der Waals surface area contributed by atoms with Crippen LogP contribution in [0.15, 0.2) is 28.7 Å². The van der Waals surface area contributed by atoms with Crippen LogP contribution in [0.1, 0.15) is 52.1 Å². The maximum Gasteiger partial charge on any atom is 0.0320 e. The predicted octanol–water partition coefficient (Wildman–Crippen LogP) is 4.92. The van der Waals surface area contributed by atoms with E-state index in [-0.39, 0.29) is 0 Å². The molecule has 1 aromatic carbocycles. The van der Waals surface area contributed by atoms with Gasteiger partial charge in [-0.15, -0.1) is 0 Å². The van der Waals surface area contributed by atoms with Gasteiger partial charge in [0, 0.05) is 16.6 Å². The first-order valence-electron chi connectivity index (χ1n) is 6.60.